The fourth-order valence-corrected chi connectivity index (χ4v) is 1.01. The molecule has 0 radical (unpaired) electrons. The van der Waals surface area contributed by atoms with Crippen molar-refractivity contribution in [2.75, 3.05) is 0 Å². The van der Waals surface area contributed by atoms with Crippen molar-refractivity contribution in [1.29, 1.82) is 0 Å². The maximum atomic E-state index is 9.37. The smallest absolute Gasteiger partial charge is 0.219 e. The second-order valence-corrected chi connectivity index (χ2v) is 5.00. The standard InChI is InChI=1S/C7H11Cl3O/c1-4(2)5(3)6(11)7(8,9)10/h6,11H,1-3H3. The van der Waals surface area contributed by atoms with Crippen molar-refractivity contribution < 1.29 is 5.11 Å². The lowest BCUT2D eigenvalue weighted by Gasteiger charge is -2.20. The van der Waals surface area contributed by atoms with Gasteiger partial charge in [-0.3, -0.25) is 0 Å². The summed E-state index contributed by atoms with van der Waals surface area (Å²) in [7, 11) is 0. The lowest BCUT2D eigenvalue weighted by atomic mass is 10.1. The average molecular weight is 218 g/mol. The molecule has 0 aromatic carbocycles. The summed E-state index contributed by atoms with van der Waals surface area (Å²) in [6.07, 6.45) is -1.02. The van der Waals surface area contributed by atoms with Gasteiger partial charge in [0, 0.05) is 0 Å². The normalized spacial score (nSPS) is 14.5. The molecule has 0 aliphatic heterocycles. The van der Waals surface area contributed by atoms with Crippen molar-refractivity contribution in [2.24, 2.45) is 0 Å². The molecular formula is C7H11Cl3O. The Morgan fingerprint density at radius 1 is 1.18 bits per heavy atom. The van der Waals surface area contributed by atoms with Crippen molar-refractivity contribution in [3.05, 3.63) is 11.1 Å². The van der Waals surface area contributed by atoms with Gasteiger partial charge >= 0.3 is 0 Å². The fourth-order valence-electron chi connectivity index (χ4n) is 0.519. The number of halogens is 3. The zero-order valence-corrected chi connectivity index (χ0v) is 8.93. The summed E-state index contributed by atoms with van der Waals surface area (Å²) in [4.78, 5) is 0. The molecule has 1 unspecified atom stereocenters. The molecule has 1 N–H and O–H groups in total. The van der Waals surface area contributed by atoms with E-state index in [9.17, 15) is 5.11 Å². The quantitative estimate of drug-likeness (QED) is 0.529. The van der Waals surface area contributed by atoms with E-state index in [-0.39, 0.29) is 0 Å². The molecule has 0 aliphatic rings. The minimum atomic E-state index is -1.62. The molecule has 0 aliphatic carbocycles. The SMILES string of the molecule is CC(C)=C(C)C(O)C(Cl)(Cl)Cl. The number of alkyl halides is 3. The highest BCUT2D eigenvalue weighted by Gasteiger charge is 2.32. The van der Waals surface area contributed by atoms with E-state index < -0.39 is 9.90 Å². The van der Waals surface area contributed by atoms with Crippen molar-refractivity contribution in [2.45, 2.75) is 30.7 Å². The van der Waals surface area contributed by atoms with E-state index in [4.69, 9.17) is 34.8 Å². The van der Waals surface area contributed by atoms with Crippen LogP contribution in [-0.2, 0) is 0 Å². The molecule has 0 saturated carbocycles. The predicted molar refractivity (Wildman–Crippen MR) is 50.3 cm³/mol. The third kappa shape index (κ3) is 3.66. The number of allylic oxidation sites excluding steroid dienone is 1. The van der Waals surface area contributed by atoms with Crippen LogP contribution in [0.1, 0.15) is 20.8 Å². The Morgan fingerprint density at radius 3 is 1.64 bits per heavy atom. The van der Waals surface area contributed by atoms with Gasteiger partial charge in [-0.1, -0.05) is 40.4 Å². The Labute approximate surface area is 81.9 Å². The maximum absolute atomic E-state index is 9.37. The molecule has 0 rings (SSSR count). The Morgan fingerprint density at radius 2 is 1.55 bits per heavy atom. The molecule has 4 heteroatoms. The number of aliphatic hydroxyl groups is 1. The molecular weight excluding hydrogens is 206 g/mol. The summed E-state index contributed by atoms with van der Waals surface area (Å²) in [6.45, 7) is 5.45. The molecule has 0 bridgehead atoms. The lowest BCUT2D eigenvalue weighted by molar-refractivity contribution is 0.214. The van der Waals surface area contributed by atoms with Crippen LogP contribution in [0.25, 0.3) is 0 Å². The topological polar surface area (TPSA) is 20.2 Å². The molecule has 0 spiro atoms. The van der Waals surface area contributed by atoms with Gasteiger partial charge in [0.25, 0.3) is 0 Å². The number of hydrogen-bond donors (Lipinski definition) is 1. The predicted octanol–water partition coefficient (Wildman–Crippen LogP) is 3.07. The third-order valence-corrected chi connectivity index (χ3v) is 2.13. The van der Waals surface area contributed by atoms with Crippen LogP contribution in [0.3, 0.4) is 0 Å². The Bertz CT molecular complexity index is 165. The van der Waals surface area contributed by atoms with Crippen molar-refractivity contribution in [3.63, 3.8) is 0 Å². The van der Waals surface area contributed by atoms with Gasteiger partial charge < -0.3 is 5.11 Å². The van der Waals surface area contributed by atoms with Gasteiger partial charge in [-0.15, -0.1) is 0 Å². The van der Waals surface area contributed by atoms with Crippen molar-refractivity contribution in [3.8, 4) is 0 Å². The Balaban J connectivity index is 4.52. The molecule has 0 heterocycles. The van der Waals surface area contributed by atoms with E-state index >= 15 is 0 Å². The van der Waals surface area contributed by atoms with E-state index in [1.54, 1.807) is 6.92 Å². The van der Waals surface area contributed by atoms with Gasteiger partial charge in [0.05, 0.1) is 0 Å². The summed E-state index contributed by atoms with van der Waals surface area (Å²) < 4.78 is -1.62. The summed E-state index contributed by atoms with van der Waals surface area (Å²) in [5.41, 5.74) is 1.66. The minimum Gasteiger partial charge on any atom is -0.384 e. The summed E-state index contributed by atoms with van der Waals surface area (Å²) in [5.74, 6) is 0. The average Bonchev–Trinajstić information content (AvgIpc) is 1.82. The zero-order valence-electron chi connectivity index (χ0n) is 6.66. The van der Waals surface area contributed by atoms with Crippen LogP contribution in [0.4, 0.5) is 0 Å². The van der Waals surface area contributed by atoms with Crippen molar-refractivity contribution in [1.82, 2.24) is 0 Å². The van der Waals surface area contributed by atoms with Gasteiger partial charge in [-0.2, -0.15) is 0 Å². The van der Waals surface area contributed by atoms with E-state index in [2.05, 4.69) is 0 Å². The Hall–Kier alpha value is 0.570. The molecule has 0 aromatic rings. The molecule has 0 aromatic heterocycles. The number of hydrogen-bond acceptors (Lipinski definition) is 1. The first kappa shape index (κ1) is 11.6. The highest BCUT2D eigenvalue weighted by molar-refractivity contribution is 6.68. The second kappa shape index (κ2) is 3.99. The third-order valence-electron chi connectivity index (χ3n) is 1.51. The van der Waals surface area contributed by atoms with Crippen LogP contribution < -0.4 is 0 Å². The van der Waals surface area contributed by atoms with Gasteiger partial charge in [-0.05, 0) is 26.3 Å². The van der Waals surface area contributed by atoms with Crippen LogP contribution >= 0.6 is 34.8 Å². The van der Waals surface area contributed by atoms with Gasteiger partial charge in [0.2, 0.25) is 3.79 Å². The van der Waals surface area contributed by atoms with Gasteiger partial charge in [-0.25, -0.2) is 0 Å². The van der Waals surface area contributed by atoms with Crippen LogP contribution in [0.15, 0.2) is 11.1 Å². The lowest BCUT2D eigenvalue weighted by Crippen LogP contribution is -2.26. The van der Waals surface area contributed by atoms with Crippen molar-refractivity contribution >= 4 is 34.8 Å². The van der Waals surface area contributed by atoms with Crippen LogP contribution in [-0.4, -0.2) is 15.0 Å². The van der Waals surface area contributed by atoms with Gasteiger partial charge in [0.1, 0.15) is 6.10 Å². The monoisotopic (exact) mass is 216 g/mol. The van der Waals surface area contributed by atoms with Crippen LogP contribution in [0.5, 0.6) is 0 Å². The first-order chi connectivity index (χ1) is 4.76. The first-order valence-electron chi connectivity index (χ1n) is 3.15. The molecule has 0 saturated heterocycles. The first-order valence-corrected chi connectivity index (χ1v) is 4.29. The summed E-state index contributed by atoms with van der Waals surface area (Å²) >= 11 is 16.4. The van der Waals surface area contributed by atoms with Gasteiger partial charge in [0.15, 0.2) is 0 Å². The molecule has 0 fully saturated rings. The number of rotatable bonds is 1. The highest BCUT2D eigenvalue weighted by atomic mass is 35.6. The second-order valence-electron chi connectivity index (χ2n) is 2.63. The largest absolute Gasteiger partial charge is 0.384 e. The fraction of sp³-hybridized carbons (Fsp3) is 0.714. The zero-order chi connectivity index (χ0) is 9.23. The van der Waals surface area contributed by atoms with E-state index in [0.29, 0.717) is 5.57 Å². The van der Waals surface area contributed by atoms with E-state index in [0.717, 1.165) is 5.57 Å². The molecule has 11 heavy (non-hydrogen) atoms. The van der Waals surface area contributed by atoms with E-state index in [1.807, 2.05) is 13.8 Å². The summed E-state index contributed by atoms with van der Waals surface area (Å²) in [5, 5.41) is 9.37. The van der Waals surface area contributed by atoms with Crippen LogP contribution in [0, 0.1) is 0 Å². The summed E-state index contributed by atoms with van der Waals surface area (Å²) in [6, 6.07) is 0. The number of aliphatic hydroxyl groups excluding tert-OH is 1. The molecule has 0 amide bonds. The maximum Gasteiger partial charge on any atom is 0.219 e. The molecule has 1 atom stereocenters. The van der Waals surface area contributed by atoms with Crippen LogP contribution in [0.2, 0.25) is 0 Å². The van der Waals surface area contributed by atoms with E-state index in [1.165, 1.54) is 0 Å². The molecule has 66 valence electrons. The minimum absolute atomic E-state index is 0.699. The highest BCUT2D eigenvalue weighted by Crippen LogP contribution is 2.34. The Kier molecular flexibility index (Phi) is 4.20. The molecule has 1 nitrogen and oxygen atoms in total.